The van der Waals surface area contributed by atoms with Crippen molar-refractivity contribution in [2.45, 2.75) is 6.61 Å². The highest BCUT2D eigenvalue weighted by molar-refractivity contribution is 9.10. The summed E-state index contributed by atoms with van der Waals surface area (Å²) in [4.78, 5) is 10.3. The number of nitrogens with two attached hydrogens (primary N) is 1. The average molecular weight is 373 g/mol. The maximum atomic E-state index is 10.8. The fourth-order valence-corrected chi connectivity index (χ4v) is 2.21. The summed E-state index contributed by atoms with van der Waals surface area (Å²) < 4.78 is 6.45. The van der Waals surface area contributed by atoms with Gasteiger partial charge in [0.2, 0.25) is 0 Å². The third kappa shape index (κ3) is 3.84. The summed E-state index contributed by atoms with van der Waals surface area (Å²) in [7, 11) is 0. The molecule has 0 aliphatic heterocycles. The Kier molecular flexibility index (Phi) is 5.00. The Morgan fingerprint density at radius 1 is 1.33 bits per heavy atom. The van der Waals surface area contributed by atoms with E-state index in [-0.39, 0.29) is 18.0 Å². The Labute approximate surface area is 134 Å². The molecule has 2 rings (SSSR count). The zero-order valence-corrected chi connectivity index (χ0v) is 13.0. The van der Waals surface area contributed by atoms with Crippen molar-refractivity contribution in [1.29, 1.82) is 0 Å². The van der Waals surface area contributed by atoms with E-state index in [9.17, 15) is 10.1 Å². The molecule has 8 heteroatoms. The molecule has 0 saturated heterocycles. The first kappa shape index (κ1) is 15.6. The number of hydrazine groups is 1. The topological polar surface area (TPSA) is 90.4 Å². The van der Waals surface area contributed by atoms with Crippen LogP contribution in [-0.4, -0.2) is 4.92 Å². The van der Waals surface area contributed by atoms with Gasteiger partial charge >= 0.3 is 0 Å². The monoisotopic (exact) mass is 371 g/mol. The number of rotatable bonds is 5. The van der Waals surface area contributed by atoms with Gasteiger partial charge < -0.3 is 10.2 Å². The summed E-state index contributed by atoms with van der Waals surface area (Å²) in [6, 6.07) is 9.79. The molecule has 0 spiro atoms. The van der Waals surface area contributed by atoms with Crippen LogP contribution in [0.1, 0.15) is 5.56 Å². The molecule has 110 valence electrons. The molecule has 0 saturated carbocycles. The number of anilines is 1. The maximum absolute atomic E-state index is 10.8. The SMILES string of the molecule is NNc1cc(COc2cc(Br)ccc2Cl)ccc1[N+](=O)[O-]. The van der Waals surface area contributed by atoms with Crippen LogP contribution in [0.5, 0.6) is 5.75 Å². The molecule has 0 atom stereocenters. The van der Waals surface area contributed by atoms with Crippen molar-refractivity contribution >= 4 is 38.9 Å². The van der Waals surface area contributed by atoms with Crippen LogP contribution in [0.2, 0.25) is 5.02 Å². The smallest absolute Gasteiger partial charge is 0.293 e. The molecule has 0 bridgehead atoms. The molecule has 0 heterocycles. The van der Waals surface area contributed by atoms with Crippen molar-refractivity contribution < 1.29 is 9.66 Å². The number of benzene rings is 2. The van der Waals surface area contributed by atoms with Crippen molar-refractivity contribution in [2.24, 2.45) is 5.84 Å². The number of nitrogen functional groups attached to an aromatic ring is 1. The van der Waals surface area contributed by atoms with Crippen molar-refractivity contribution in [1.82, 2.24) is 0 Å². The number of nitro benzene ring substituents is 1. The number of hydrogen-bond donors (Lipinski definition) is 2. The van der Waals surface area contributed by atoms with Crippen LogP contribution in [0.15, 0.2) is 40.9 Å². The van der Waals surface area contributed by atoms with Crippen LogP contribution >= 0.6 is 27.5 Å². The second-order valence-corrected chi connectivity index (χ2v) is 5.44. The number of ether oxygens (including phenoxy) is 1. The van der Waals surface area contributed by atoms with Crippen LogP contribution in [0.3, 0.4) is 0 Å². The minimum Gasteiger partial charge on any atom is -0.487 e. The minimum atomic E-state index is -0.509. The molecular formula is C13H11BrClN3O3. The van der Waals surface area contributed by atoms with Gasteiger partial charge in [-0.05, 0) is 35.9 Å². The molecule has 2 aromatic carbocycles. The lowest BCUT2D eigenvalue weighted by molar-refractivity contribution is -0.384. The van der Waals surface area contributed by atoms with E-state index in [1.807, 2.05) is 0 Å². The fraction of sp³-hybridized carbons (Fsp3) is 0.0769. The normalized spacial score (nSPS) is 10.2. The maximum Gasteiger partial charge on any atom is 0.293 e. The highest BCUT2D eigenvalue weighted by Crippen LogP contribution is 2.29. The van der Waals surface area contributed by atoms with E-state index in [0.717, 1.165) is 10.0 Å². The van der Waals surface area contributed by atoms with E-state index >= 15 is 0 Å². The van der Waals surface area contributed by atoms with E-state index in [2.05, 4.69) is 21.4 Å². The molecular weight excluding hydrogens is 362 g/mol. The van der Waals surface area contributed by atoms with Gasteiger partial charge in [-0.15, -0.1) is 0 Å². The third-order valence-corrected chi connectivity index (χ3v) is 3.51. The summed E-state index contributed by atoms with van der Waals surface area (Å²) >= 11 is 9.35. The minimum absolute atomic E-state index is 0.0956. The van der Waals surface area contributed by atoms with Crippen LogP contribution in [0, 0.1) is 10.1 Å². The molecule has 0 aliphatic rings. The van der Waals surface area contributed by atoms with Gasteiger partial charge in [0.25, 0.3) is 5.69 Å². The zero-order valence-electron chi connectivity index (χ0n) is 10.7. The number of halogens is 2. The highest BCUT2D eigenvalue weighted by atomic mass is 79.9. The number of nitrogens with zero attached hydrogens (tertiary/aromatic N) is 1. The summed E-state index contributed by atoms with van der Waals surface area (Å²) in [5, 5.41) is 11.3. The van der Waals surface area contributed by atoms with Gasteiger partial charge in [-0.2, -0.15) is 0 Å². The highest BCUT2D eigenvalue weighted by Gasteiger charge is 2.13. The van der Waals surface area contributed by atoms with Crippen LogP contribution < -0.4 is 16.0 Å². The van der Waals surface area contributed by atoms with E-state index in [0.29, 0.717) is 10.8 Å². The number of nitrogens with one attached hydrogen (secondary N) is 1. The second-order valence-electron chi connectivity index (χ2n) is 4.12. The second kappa shape index (κ2) is 6.75. The Hall–Kier alpha value is -1.83. The Morgan fingerprint density at radius 3 is 2.76 bits per heavy atom. The summed E-state index contributed by atoms with van der Waals surface area (Å²) in [5.41, 5.74) is 3.16. The Balaban J connectivity index is 2.17. The number of nitro groups is 1. The van der Waals surface area contributed by atoms with Gasteiger partial charge in [0, 0.05) is 10.5 Å². The molecule has 2 aromatic rings. The summed E-state index contributed by atoms with van der Waals surface area (Å²) in [5.74, 6) is 5.81. The van der Waals surface area contributed by atoms with E-state index in [1.165, 1.54) is 6.07 Å². The molecule has 0 amide bonds. The lowest BCUT2D eigenvalue weighted by atomic mass is 10.2. The Bertz CT molecular complexity index is 682. The molecule has 0 aliphatic carbocycles. The van der Waals surface area contributed by atoms with Crippen molar-refractivity contribution in [3.05, 3.63) is 61.6 Å². The predicted octanol–water partition coefficient (Wildman–Crippen LogP) is 3.88. The van der Waals surface area contributed by atoms with E-state index in [1.54, 1.807) is 30.3 Å². The molecule has 21 heavy (non-hydrogen) atoms. The van der Waals surface area contributed by atoms with E-state index < -0.39 is 4.92 Å². The molecule has 0 unspecified atom stereocenters. The molecule has 0 aromatic heterocycles. The largest absolute Gasteiger partial charge is 0.487 e. The zero-order chi connectivity index (χ0) is 15.4. The van der Waals surface area contributed by atoms with Crippen molar-refractivity contribution in [2.75, 3.05) is 5.43 Å². The average Bonchev–Trinajstić information content (AvgIpc) is 2.47. The third-order valence-electron chi connectivity index (χ3n) is 2.70. The van der Waals surface area contributed by atoms with Crippen LogP contribution in [0.4, 0.5) is 11.4 Å². The van der Waals surface area contributed by atoms with Crippen LogP contribution in [-0.2, 0) is 6.61 Å². The van der Waals surface area contributed by atoms with Gasteiger partial charge in [-0.25, -0.2) is 0 Å². The van der Waals surface area contributed by atoms with Gasteiger partial charge in [0.1, 0.15) is 18.0 Å². The quantitative estimate of drug-likeness (QED) is 0.472. The predicted molar refractivity (Wildman–Crippen MR) is 84.4 cm³/mol. The first-order valence-corrected chi connectivity index (χ1v) is 7.00. The van der Waals surface area contributed by atoms with Gasteiger partial charge in [-0.1, -0.05) is 27.5 Å². The fourth-order valence-electron chi connectivity index (χ4n) is 1.70. The first-order chi connectivity index (χ1) is 10.0. The lowest BCUT2D eigenvalue weighted by Gasteiger charge is -2.10. The summed E-state index contributed by atoms with van der Waals surface area (Å²) in [6.45, 7) is 0.211. The summed E-state index contributed by atoms with van der Waals surface area (Å²) in [6.07, 6.45) is 0. The standard InChI is InChI=1S/C13H11BrClN3O3/c14-9-2-3-10(15)13(6-9)21-7-8-1-4-12(18(19)20)11(5-8)17-16/h1-6,17H,7,16H2. The molecule has 0 fully saturated rings. The first-order valence-electron chi connectivity index (χ1n) is 5.83. The van der Waals surface area contributed by atoms with Crippen LogP contribution in [0.25, 0.3) is 0 Å². The molecule has 0 radical (unpaired) electrons. The molecule has 6 nitrogen and oxygen atoms in total. The number of hydrogen-bond acceptors (Lipinski definition) is 5. The van der Waals surface area contributed by atoms with Crippen molar-refractivity contribution in [3.8, 4) is 5.75 Å². The van der Waals surface area contributed by atoms with E-state index in [4.69, 9.17) is 22.2 Å². The van der Waals surface area contributed by atoms with Gasteiger partial charge in [-0.3, -0.25) is 16.0 Å². The molecule has 3 N–H and O–H groups in total. The lowest BCUT2D eigenvalue weighted by Crippen LogP contribution is -2.10. The Morgan fingerprint density at radius 2 is 2.10 bits per heavy atom. The van der Waals surface area contributed by atoms with Crippen molar-refractivity contribution in [3.63, 3.8) is 0 Å². The van der Waals surface area contributed by atoms with Gasteiger partial charge in [0.15, 0.2) is 0 Å². The van der Waals surface area contributed by atoms with Gasteiger partial charge in [0.05, 0.1) is 9.95 Å².